The number of aliphatic hydroxyl groups excluding tert-OH is 2. The summed E-state index contributed by atoms with van der Waals surface area (Å²) in [5, 5.41) is 18.2. The number of Topliss-reactive ketones (excluding diaryl/α,β-unsaturated/α-hetero) is 1. The summed E-state index contributed by atoms with van der Waals surface area (Å²) in [6.07, 6.45) is -3.99. The molecule has 2 rings (SSSR count). The third-order valence-corrected chi connectivity index (χ3v) is 1.94. The van der Waals surface area contributed by atoms with Gasteiger partial charge in [0.25, 0.3) is 0 Å². The molecule has 11 heavy (non-hydrogen) atoms. The van der Waals surface area contributed by atoms with E-state index in [0.717, 1.165) is 0 Å². The molecule has 2 fully saturated rings. The molecule has 5 heteroatoms. The average molecular weight is 160 g/mol. The molecule has 1 unspecified atom stereocenters. The molecule has 0 saturated carbocycles. The van der Waals surface area contributed by atoms with Crippen molar-refractivity contribution in [3.05, 3.63) is 0 Å². The molecule has 2 bridgehead atoms. The first kappa shape index (κ1) is 7.17. The number of hydrogen-bond donors (Lipinski definition) is 2. The summed E-state index contributed by atoms with van der Waals surface area (Å²) in [5.41, 5.74) is 0. The maximum Gasteiger partial charge on any atom is 0.221 e. The third-order valence-electron chi connectivity index (χ3n) is 1.94. The number of rotatable bonds is 0. The van der Waals surface area contributed by atoms with Crippen LogP contribution >= 0.6 is 0 Å². The molecule has 62 valence electrons. The van der Waals surface area contributed by atoms with Crippen LogP contribution in [0.3, 0.4) is 0 Å². The standard InChI is InChI=1S/C6H8O5/c7-3-2-1-10-6(11-2)5(9)4(3)8/h2-4,6-8H,1H2/t2-,3-,4-,6?/m1/s1. The van der Waals surface area contributed by atoms with Gasteiger partial charge in [-0.15, -0.1) is 0 Å². The molecule has 0 aliphatic carbocycles. The van der Waals surface area contributed by atoms with Gasteiger partial charge in [0.05, 0.1) is 6.61 Å². The van der Waals surface area contributed by atoms with Crippen molar-refractivity contribution in [2.45, 2.75) is 24.6 Å². The van der Waals surface area contributed by atoms with Crippen LogP contribution in [-0.4, -0.2) is 47.2 Å². The molecule has 0 radical (unpaired) electrons. The first-order chi connectivity index (χ1) is 5.20. The molecule has 0 amide bonds. The number of aliphatic hydroxyl groups is 2. The van der Waals surface area contributed by atoms with Crippen molar-refractivity contribution in [2.75, 3.05) is 6.61 Å². The van der Waals surface area contributed by atoms with Gasteiger partial charge in [0.2, 0.25) is 12.1 Å². The minimum atomic E-state index is -1.35. The van der Waals surface area contributed by atoms with Crippen LogP contribution in [0.5, 0.6) is 0 Å². The van der Waals surface area contributed by atoms with Crippen LogP contribution in [-0.2, 0) is 14.3 Å². The molecule has 2 aliphatic rings. The monoisotopic (exact) mass is 160 g/mol. The highest BCUT2D eigenvalue weighted by atomic mass is 16.7. The second-order valence-electron chi connectivity index (χ2n) is 2.68. The summed E-state index contributed by atoms with van der Waals surface area (Å²) >= 11 is 0. The highest BCUT2D eigenvalue weighted by Gasteiger charge is 2.48. The topological polar surface area (TPSA) is 76.0 Å². The average Bonchev–Trinajstić information content (AvgIpc) is 2.44. The Labute approximate surface area is 62.5 Å². The van der Waals surface area contributed by atoms with Gasteiger partial charge in [0, 0.05) is 0 Å². The minimum absolute atomic E-state index is 0.175. The van der Waals surface area contributed by atoms with Crippen molar-refractivity contribution in [3.8, 4) is 0 Å². The normalized spacial score (nSPS) is 49.8. The fourth-order valence-electron chi connectivity index (χ4n) is 1.26. The van der Waals surface area contributed by atoms with E-state index < -0.39 is 30.4 Å². The van der Waals surface area contributed by atoms with Crippen molar-refractivity contribution in [1.29, 1.82) is 0 Å². The lowest BCUT2D eigenvalue weighted by Gasteiger charge is -2.26. The lowest BCUT2D eigenvalue weighted by molar-refractivity contribution is -0.182. The van der Waals surface area contributed by atoms with Gasteiger partial charge >= 0.3 is 0 Å². The van der Waals surface area contributed by atoms with E-state index in [0.29, 0.717) is 0 Å². The molecule has 2 N–H and O–H groups in total. The van der Waals surface area contributed by atoms with Crippen LogP contribution in [0.15, 0.2) is 0 Å². The van der Waals surface area contributed by atoms with Crippen LogP contribution in [0, 0.1) is 0 Å². The molecule has 0 aromatic rings. The Morgan fingerprint density at radius 3 is 2.91 bits per heavy atom. The lowest BCUT2D eigenvalue weighted by Crippen LogP contribution is -2.50. The van der Waals surface area contributed by atoms with Crippen LogP contribution in [0.2, 0.25) is 0 Å². The van der Waals surface area contributed by atoms with E-state index in [1.54, 1.807) is 0 Å². The molecule has 0 spiro atoms. The first-order valence-electron chi connectivity index (χ1n) is 3.37. The fourth-order valence-corrected chi connectivity index (χ4v) is 1.26. The van der Waals surface area contributed by atoms with Gasteiger partial charge in [-0.05, 0) is 0 Å². The zero-order chi connectivity index (χ0) is 8.01. The van der Waals surface area contributed by atoms with Gasteiger partial charge < -0.3 is 19.7 Å². The van der Waals surface area contributed by atoms with E-state index in [1.807, 2.05) is 0 Å². The lowest BCUT2D eigenvalue weighted by atomic mass is 10.0. The summed E-state index contributed by atoms with van der Waals surface area (Å²) in [4.78, 5) is 10.9. The minimum Gasteiger partial charge on any atom is -0.387 e. The highest BCUT2D eigenvalue weighted by Crippen LogP contribution is 2.24. The second-order valence-corrected chi connectivity index (χ2v) is 2.68. The zero-order valence-corrected chi connectivity index (χ0v) is 5.64. The molecular weight excluding hydrogens is 152 g/mol. The van der Waals surface area contributed by atoms with Gasteiger partial charge in [-0.1, -0.05) is 0 Å². The predicted octanol–water partition coefficient (Wildman–Crippen LogP) is -1.97. The van der Waals surface area contributed by atoms with Crippen molar-refractivity contribution >= 4 is 5.78 Å². The molecule has 0 aromatic heterocycles. The van der Waals surface area contributed by atoms with E-state index in [4.69, 9.17) is 19.7 Å². The zero-order valence-electron chi connectivity index (χ0n) is 5.64. The van der Waals surface area contributed by atoms with E-state index in [1.165, 1.54) is 0 Å². The van der Waals surface area contributed by atoms with E-state index >= 15 is 0 Å². The Morgan fingerprint density at radius 2 is 2.18 bits per heavy atom. The second kappa shape index (κ2) is 2.25. The summed E-state index contributed by atoms with van der Waals surface area (Å²) in [6.45, 7) is 0.175. The van der Waals surface area contributed by atoms with Crippen molar-refractivity contribution < 1.29 is 24.5 Å². The van der Waals surface area contributed by atoms with Crippen LogP contribution in [0.25, 0.3) is 0 Å². The largest absolute Gasteiger partial charge is 0.387 e. The molecule has 2 aliphatic heterocycles. The molecular formula is C6H8O5. The van der Waals surface area contributed by atoms with E-state index in [2.05, 4.69) is 0 Å². The SMILES string of the molecule is O=C1C2OC[C@@H](O2)[C@@H](O)[C@H]1O. The highest BCUT2D eigenvalue weighted by molar-refractivity contribution is 5.87. The van der Waals surface area contributed by atoms with Gasteiger partial charge in [-0.3, -0.25) is 4.79 Å². The Morgan fingerprint density at radius 1 is 1.45 bits per heavy atom. The van der Waals surface area contributed by atoms with Crippen molar-refractivity contribution in [1.82, 2.24) is 0 Å². The summed E-state index contributed by atoms with van der Waals surface area (Å²) in [6, 6.07) is 0. The van der Waals surface area contributed by atoms with Crippen LogP contribution < -0.4 is 0 Å². The predicted molar refractivity (Wildman–Crippen MR) is 31.6 cm³/mol. The summed E-state index contributed by atoms with van der Waals surface area (Å²) in [5.74, 6) is -0.591. The Bertz CT molecular complexity index is 191. The van der Waals surface area contributed by atoms with Crippen molar-refractivity contribution in [2.24, 2.45) is 0 Å². The van der Waals surface area contributed by atoms with Gasteiger partial charge in [-0.25, -0.2) is 0 Å². The molecule has 0 aromatic carbocycles. The molecule has 2 saturated heterocycles. The Hall–Kier alpha value is -0.490. The molecule has 2 heterocycles. The number of hydrogen-bond acceptors (Lipinski definition) is 5. The fraction of sp³-hybridized carbons (Fsp3) is 0.833. The van der Waals surface area contributed by atoms with Crippen molar-refractivity contribution in [3.63, 3.8) is 0 Å². The third kappa shape index (κ3) is 0.893. The Balaban J connectivity index is 2.23. The number of carbonyl (C=O) groups excluding carboxylic acids is 1. The number of fused-ring (bicyclic) bond motifs is 2. The molecule has 5 nitrogen and oxygen atoms in total. The van der Waals surface area contributed by atoms with Crippen LogP contribution in [0.1, 0.15) is 0 Å². The van der Waals surface area contributed by atoms with Crippen LogP contribution in [0.4, 0.5) is 0 Å². The smallest absolute Gasteiger partial charge is 0.221 e. The Kier molecular flexibility index (Phi) is 1.47. The van der Waals surface area contributed by atoms with E-state index in [9.17, 15) is 4.79 Å². The first-order valence-corrected chi connectivity index (χ1v) is 3.37. The quantitative estimate of drug-likeness (QED) is 0.430. The number of carbonyl (C=O) groups is 1. The van der Waals surface area contributed by atoms with Gasteiger partial charge in [0.15, 0.2) is 0 Å². The summed E-state index contributed by atoms with van der Waals surface area (Å²) in [7, 11) is 0. The van der Waals surface area contributed by atoms with E-state index in [-0.39, 0.29) is 6.61 Å². The van der Waals surface area contributed by atoms with Gasteiger partial charge in [-0.2, -0.15) is 0 Å². The molecule has 4 atom stereocenters. The number of ether oxygens (including phenoxy) is 2. The maximum atomic E-state index is 10.9. The maximum absolute atomic E-state index is 10.9. The summed E-state index contributed by atoms with van der Waals surface area (Å²) < 4.78 is 9.75. The van der Waals surface area contributed by atoms with Gasteiger partial charge in [0.1, 0.15) is 18.3 Å². The number of ketones is 1.